The molecule has 154 valence electrons. The molecule has 29 heavy (non-hydrogen) atoms. The molecule has 2 heterocycles. The summed E-state index contributed by atoms with van der Waals surface area (Å²) in [6.45, 7) is 1.68. The van der Waals surface area contributed by atoms with Crippen molar-refractivity contribution in [3.05, 3.63) is 48.0 Å². The van der Waals surface area contributed by atoms with Crippen LogP contribution in [0.25, 0.3) is 10.9 Å². The topological polar surface area (TPSA) is 84.1 Å². The highest BCUT2D eigenvalue weighted by atomic mass is 32.2. The first kappa shape index (κ1) is 19.7. The van der Waals surface area contributed by atoms with Gasteiger partial charge in [0.05, 0.1) is 16.0 Å². The highest BCUT2D eigenvalue weighted by Gasteiger charge is 2.32. The van der Waals surface area contributed by atoms with E-state index in [0.717, 1.165) is 44.1 Å². The fourth-order valence-electron chi connectivity index (χ4n) is 3.31. The summed E-state index contributed by atoms with van der Waals surface area (Å²) in [5.74, 6) is 0.492. The Labute approximate surface area is 165 Å². The molecule has 1 aliphatic heterocycles. The number of nitrogens with zero attached hydrogens (tertiary/aromatic N) is 1. The van der Waals surface area contributed by atoms with Crippen LogP contribution in [0.4, 0.5) is 13.2 Å². The Morgan fingerprint density at radius 3 is 2.55 bits per heavy atom. The molecular weight excluding hydrogens is 407 g/mol. The van der Waals surface area contributed by atoms with Gasteiger partial charge in [-0.15, -0.1) is 0 Å². The quantitative estimate of drug-likeness (QED) is 0.668. The molecule has 0 amide bonds. The average Bonchev–Trinajstić information content (AvgIpc) is 3.12. The van der Waals surface area contributed by atoms with Gasteiger partial charge in [0, 0.05) is 5.39 Å². The minimum Gasteiger partial charge on any atom is -0.490 e. The van der Waals surface area contributed by atoms with E-state index in [2.05, 4.69) is 15.5 Å². The minimum absolute atomic E-state index is 0.0177. The predicted octanol–water partition coefficient (Wildman–Crippen LogP) is 3.55. The molecule has 0 radical (unpaired) electrons. The van der Waals surface area contributed by atoms with Crippen molar-refractivity contribution in [2.45, 2.75) is 35.0 Å². The van der Waals surface area contributed by atoms with Gasteiger partial charge in [0.2, 0.25) is 9.84 Å². The molecule has 0 saturated carbocycles. The van der Waals surface area contributed by atoms with Gasteiger partial charge in [-0.2, -0.15) is 18.3 Å². The van der Waals surface area contributed by atoms with Gasteiger partial charge >= 0.3 is 6.18 Å². The second-order valence-electron chi connectivity index (χ2n) is 6.83. The third-order valence-corrected chi connectivity index (χ3v) is 6.54. The number of benzene rings is 2. The van der Waals surface area contributed by atoms with Crippen LogP contribution in [0, 0.1) is 0 Å². The molecule has 0 spiro atoms. The summed E-state index contributed by atoms with van der Waals surface area (Å²) in [4.78, 5) is -0.456. The van der Waals surface area contributed by atoms with Gasteiger partial charge in [0.1, 0.15) is 11.9 Å². The Bertz CT molecular complexity index is 1140. The summed E-state index contributed by atoms with van der Waals surface area (Å²) in [5.41, 5.74) is -0.648. The van der Waals surface area contributed by atoms with E-state index in [-0.39, 0.29) is 16.5 Å². The van der Waals surface area contributed by atoms with Gasteiger partial charge in [-0.3, -0.25) is 5.10 Å². The Morgan fingerprint density at radius 2 is 1.83 bits per heavy atom. The third-order valence-electron chi connectivity index (χ3n) is 4.82. The summed E-state index contributed by atoms with van der Waals surface area (Å²) in [6, 6.07) is 8.53. The van der Waals surface area contributed by atoms with Gasteiger partial charge in [-0.05, 0) is 62.3 Å². The van der Waals surface area contributed by atoms with E-state index in [1.165, 1.54) is 0 Å². The van der Waals surface area contributed by atoms with Gasteiger partial charge in [0.25, 0.3) is 0 Å². The lowest BCUT2D eigenvalue weighted by atomic mass is 10.1. The number of fused-ring (bicyclic) bond motifs is 1. The van der Waals surface area contributed by atoms with E-state index in [4.69, 9.17) is 4.74 Å². The van der Waals surface area contributed by atoms with Crippen LogP contribution in [0.3, 0.4) is 0 Å². The maximum Gasteiger partial charge on any atom is 0.416 e. The van der Waals surface area contributed by atoms with Crippen LogP contribution in [0.15, 0.2) is 52.4 Å². The summed E-state index contributed by atoms with van der Waals surface area (Å²) < 4.78 is 70.9. The fourth-order valence-corrected chi connectivity index (χ4v) is 4.70. The number of alkyl halides is 3. The summed E-state index contributed by atoms with van der Waals surface area (Å²) in [6.07, 6.45) is -2.96. The Morgan fingerprint density at radius 1 is 1.07 bits per heavy atom. The molecule has 0 aliphatic carbocycles. The molecule has 2 N–H and O–H groups in total. The molecule has 0 atom stereocenters. The molecule has 0 unspecified atom stereocenters. The number of rotatable bonds is 4. The zero-order valence-corrected chi connectivity index (χ0v) is 16.0. The number of sulfone groups is 1. The minimum atomic E-state index is -4.64. The van der Waals surface area contributed by atoms with E-state index in [1.807, 2.05) is 0 Å². The fraction of sp³-hybridized carbons (Fsp3) is 0.316. The molecular formula is C19H18F3N3O3S. The van der Waals surface area contributed by atoms with Crippen molar-refractivity contribution in [1.29, 1.82) is 0 Å². The molecule has 3 aromatic rings. The standard InChI is InChI=1S/C19H18F3N3O3S/c20-19(21,22)12-2-1-3-15(10-12)29(26,27)18-16-11-14(4-5-17(16)24-25-18)28-13-6-8-23-9-7-13/h1-5,10-11,13,23H,6-9H2,(H,24,25). The predicted molar refractivity (Wildman–Crippen MR) is 99.5 cm³/mol. The first-order chi connectivity index (χ1) is 13.7. The first-order valence-electron chi connectivity index (χ1n) is 9.03. The summed E-state index contributed by atoms with van der Waals surface area (Å²) in [7, 11) is -4.24. The zero-order valence-electron chi connectivity index (χ0n) is 15.2. The van der Waals surface area contributed by atoms with E-state index >= 15 is 0 Å². The van der Waals surface area contributed by atoms with E-state index in [9.17, 15) is 21.6 Å². The largest absolute Gasteiger partial charge is 0.490 e. The van der Waals surface area contributed by atoms with Crippen molar-refractivity contribution in [1.82, 2.24) is 15.5 Å². The van der Waals surface area contributed by atoms with Gasteiger partial charge in [-0.1, -0.05) is 6.07 Å². The monoisotopic (exact) mass is 425 g/mol. The van der Waals surface area contributed by atoms with Crippen molar-refractivity contribution >= 4 is 20.7 Å². The molecule has 1 aliphatic rings. The molecule has 2 aromatic carbocycles. The van der Waals surface area contributed by atoms with Crippen molar-refractivity contribution < 1.29 is 26.3 Å². The first-order valence-corrected chi connectivity index (χ1v) is 10.5. The summed E-state index contributed by atoms with van der Waals surface area (Å²) in [5, 5.41) is 9.68. The van der Waals surface area contributed by atoms with Gasteiger partial charge in [0.15, 0.2) is 5.03 Å². The number of ether oxygens (including phenoxy) is 1. The molecule has 1 aromatic heterocycles. The molecule has 1 saturated heterocycles. The molecule has 4 rings (SSSR count). The number of hydrogen-bond acceptors (Lipinski definition) is 5. The van der Waals surface area contributed by atoms with E-state index in [0.29, 0.717) is 17.3 Å². The van der Waals surface area contributed by atoms with Gasteiger partial charge in [-0.25, -0.2) is 8.42 Å². The molecule has 0 bridgehead atoms. The normalized spacial score (nSPS) is 16.2. The maximum absolute atomic E-state index is 13.0. The van der Waals surface area contributed by atoms with Crippen LogP contribution in [0.2, 0.25) is 0 Å². The Kier molecular flexibility index (Phi) is 4.99. The van der Waals surface area contributed by atoms with Crippen molar-refractivity contribution in [2.24, 2.45) is 0 Å². The number of aromatic amines is 1. The third kappa shape index (κ3) is 3.95. The zero-order chi connectivity index (χ0) is 20.6. The highest BCUT2D eigenvalue weighted by Crippen LogP contribution is 2.34. The maximum atomic E-state index is 13.0. The van der Waals surface area contributed by atoms with Crippen molar-refractivity contribution in [3.8, 4) is 5.75 Å². The van der Waals surface area contributed by atoms with Crippen LogP contribution >= 0.6 is 0 Å². The van der Waals surface area contributed by atoms with Crippen LogP contribution < -0.4 is 10.1 Å². The number of H-pyrrole nitrogens is 1. The number of piperidine rings is 1. The highest BCUT2D eigenvalue weighted by molar-refractivity contribution is 7.91. The Hall–Kier alpha value is -2.59. The van der Waals surface area contributed by atoms with Crippen LogP contribution in [-0.4, -0.2) is 37.8 Å². The number of nitrogens with one attached hydrogen (secondary N) is 2. The average molecular weight is 425 g/mol. The smallest absolute Gasteiger partial charge is 0.416 e. The van der Waals surface area contributed by atoms with Crippen LogP contribution in [0.1, 0.15) is 18.4 Å². The lowest BCUT2D eigenvalue weighted by molar-refractivity contribution is -0.137. The lowest BCUT2D eigenvalue weighted by Gasteiger charge is -2.23. The van der Waals surface area contributed by atoms with Crippen LogP contribution in [-0.2, 0) is 16.0 Å². The number of aromatic nitrogens is 2. The van der Waals surface area contributed by atoms with Crippen molar-refractivity contribution in [2.75, 3.05) is 13.1 Å². The number of halogens is 3. The molecule has 6 nitrogen and oxygen atoms in total. The Balaban J connectivity index is 1.72. The summed E-state index contributed by atoms with van der Waals surface area (Å²) >= 11 is 0. The van der Waals surface area contributed by atoms with E-state index in [1.54, 1.807) is 18.2 Å². The van der Waals surface area contributed by atoms with Crippen molar-refractivity contribution in [3.63, 3.8) is 0 Å². The van der Waals surface area contributed by atoms with Gasteiger partial charge < -0.3 is 10.1 Å². The second kappa shape index (κ2) is 7.34. The SMILES string of the molecule is O=S(=O)(c1cccc(C(F)(F)F)c1)c1[nH]nc2ccc(OC3CCNCC3)cc12. The molecule has 1 fully saturated rings. The lowest BCUT2D eigenvalue weighted by Crippen LogP contribution is -2.34. The second-order valence-corrected chi connectivity index (χ2v) is 8.71. The van der Waals surface area contributed by atoms with Crippen LogP contribution in [0.5, 0.6) is 5.75 Å². The number of hydrogen-bond donors (Lipinski definition) is 2. The molecule has 10 heteroatoms. The van der Waals surface area contributed by atoms with E-state index < -0.39 is 26.5 Å².